The monoisotopic (exact) mass is 780 g/mol. The number of halogens is 3. The molecule has 0 fully saturated rings. The molecular weight excluding hydrogens is 747 g/mol. The maximum atomic E-state index is 14.0. The second kappa shape index (κ2) is 14.5. The van der Waals surface area contributed by atoms with Gasteiger partial charge in [0.1, 0.15) is 11.5 Å². The van der Waals surface area contributed by atoms with Crippen molar-refractivity contribution >= 4 is 86.2 Å². The van der Waals surface area contributed by atoms with Crippen molar-refractivity contribution in [1.29, 1.82) is 0 Å². The highest BCUT2D eigenvalue weighted by molar-refractivity contribution is 6.47. The van der Waals surface area contributed by atoms with Gasteiger partial charge in [0, 0.05) is 33.9 Å². The number of phenols is 1. The van der Waals surface area contributed by atoms with E-state index in [0.29, 0.717) is 45.6 Å². The van der Waals surface area contributed by atoms with Crippen molar-refractivity contribution in [3.05, 3.63) is 194 Å². The fraction of sp³-hybridized carbons (Fsp3) is 0.0851. The van der Waals surface area contributed by atoms with Crippen molar-refractivity contribution < 1.29 is 14.6 Å². The summed E-state index contributed by atoms with van der Waals surface area (Å²) in [7, 11) is 0. The summed E-state index contributed by atoms with van der Waals surface area (Å²) in [5, 5.41) is 12.7. The molecule has 0 aromatic heterocycles. The van der Waals surface area contributed by atoms with Crippen LogP contribution in [0, 0.1) is 20.8 Å². The van der Waals surface area contributed by atoms with Crippen LogP contribution in [0.25, 0.3) is 11.3 Å². The topological polar surface area (TPSA) is 53.0 Å². The van der Waals surface area contributed by atoms with E-state index in [4.69, 9.17) is 39.5 Å². The van der Waals surface area contributed by atoms with Gasteiger partial charge in [0.25, 0.3) is 0 Å². The number of ether oxygens (including phenoxy) is 1. The number of hydrogen-bond acceptors (Lipinski definition) is 5. The van der Waals surface area contributed by atoms with E-state index < -0.39 is 5.97 Å². The Morgan fingerprint density at radius 2 is 1.09 bits per heavy atom. The summed E-state index contributed by atoms with van der Waals surface area (Å²) in [5.41, 5.74) is 10.6. The molecule has 0 bridgehead atoms. The molecule has 55 heavy (non-hydrogen) atoms. The van der Waals surface area contributed by atoms with Crippen molar-refractivity contribution in [2.75, 3.05) is 9.80 Å². The Morgan fingerprint density at radius 3 is 1.58 bits per heavy atom. The Morgan fingerprint density at radius 1 is 0.618 bits per heavy atom. The fourth-order valence-corrected chi connectivity index (χ4v) is 8.59. The van der Waals surface area contributed by atoms with Crippen LogP contribution in [0.2, 0.25) is 15.1 Å². The van der Waals surface area contributed by atoms with E-state index in [0.717, 1.165) is 45.0 Å². The van der Waals surface area contributed by atoms with Gasteiger partial charge in [0.05, 0.1) is 37.6 Å². The predicted molar refractivity (Wildman–Crippen MR) is 227 cm³/mol. The molecule has 0 spiro atoms. The minimum Gasteiger partial charge on any atom is -0.505 e. The zero-order chi connectivity index (χ0) is 38.5. The molecule has 0 amide bonds. The number of fused-ring (bicyclic) bond motifs is 1. The summed E-state index contributed by atoms with van der Waals surface area (Å²) < 4.78 is 6.05. The average Bonchev–Trinajstić information content (AvgIpc) is 3.73. The smallest absolute Gasteiger partial charge is 0.344 e. The first-order valence-electron chi connectivity index (χ1n) is 17.8. The number of para-hydroxylation sites is 4. The van der Waals surface area contributed by atoms with Gasteiger partial charge in [-0.3, -0.25) is 0 Å². The Bertz CT molecular complexity index is 2480. The maximum absolute atomic E-state index is 14.0. The molecule has 8 heteroatoms. The van der Waals surface area contributed by atoms with Crippen LogP contribution in [0.3, 0.4) is 0 Å². The lowest BCUT2D eigenvalue weighted by molar-refractivity contribution is -0.130. The van der Waals surface area contributed by atoms with Crippen molar-refractivity contribution in [2.45, 2.75) is 27.2 Å². The zero-order valence-corrected chi connectivity index (χ0v) is 32.6. The Balaban J connectivity index is 1.28. The second-order valence-electron chi connectivity index (χ2n) is 13.6. The van der Waals surface area contributed by atoms with E-state index in [-0.39, 0.29) is 26.6 Å². The largest absolute Gasteiger partial charge is 0.505 e. The molecule has 1 heterocycles. The first-order chi connectivity index (χ1) is 26.6. The number of esters is 1. The van der Waals surface area contributed by atoms with Crippen LogP contribution >= 0.6 is 34.8 Å². The number of anilines is 6. The van der Waals surface area contributed by atoms with Gasteiger partial charge in [0.2, 0.25) is 0 Å². The molecule has 272 valence electrons. The quantitative estimate of drug-likeness (QED) is 0.123. The SMILES string of the molecule is C=C1CC(c2c(C)c(C)c(N(c3ccccc3)c3ccccc3)c(O)c2C)=C2C(=O)OC(c3c(Cl)cc(N(c4ccccc4)c4ccccc4)c(Cl)c3Cl)=C12. The highest BCUT2D eigenvalue weighted by atomic mass is 35.5. The molecule has 0 unspecified atom stereocenters. The number of carbonyl (C=O) groups is 1. The first-order valence-corrected chi connectivity index (χ1v) is 18.9. The third-order valence-corrected chi connectivity index (χ3v) is 11.5. The number of cyclic esters (lactones) is 1. The number of aromatic hydroxyl groups is 1. The lowest BCUT2D eigenvalue weighted by atomic mass is 9.88. The van der Waals surface area contributed by atoms with Gasteiger partial charge < -0.3 is 19.6 Å². The molecule has 1 N–H and O–H groups in total. The Kier molecular flexibility index (Phi) is 9.56. The Labute approximate surface area is 335 Å². The van der Waals surface area contributed by atoms with Crippen LogP contribution in [0.5, 0.6) is 5.75 Å². The van der Waals surface area contributed by atoms with Crippen LogP contribution in [0.15, 0.2) is 151 Å². The van der Waals surface area contributed by atoms with E-state index in [1.165, 1.54) is 0 Å². The van der Waals surface area contributed by atoms with Gasteiger partial charge in [-0.25, -0.2) is 4.79 Å². The minimum atomic E-state index is -0.545. The number of nitrogens with zero attached hydrogens (tertiary/aromatic N) is 2. The normalized spacial score (nSPS) is 13.7. The van der Waals surface area contributed by atoms with E-state index >= 15 is 0 Å². The van der Waals surface area contributed by atoms with Gasteiger partial charge in [-0.1, -0.05) is 114 Å². The van der Waals surface area contributed by atoms with Crippen LogP contribution in [-0.2, 0) is 9.53 Å². The van der Waals surface area contributed by atoms with Gasteiger partial charge in [0.15, 0.2) is 0 Å². The van der Waals surface area contributed by atoms with Crippen molar-refractivity contribution in [2.24, 2.45) is 0 Å². The van der Waals surface area contributed by atoms with Gasteiger partial charge in [-0.2, -0.15) is 0 Å². The number of rotatable bonds is 8. The summed E-state index contributed by atoms with van der Waals surface area (Å²) in [5.74, 6) is -0.221. The van der Waals surface area contributed by atoms with Crippen molar-refractivity contribution in [1.82, 2.24) is 0 Å². The second-order valence-corrected chi connectivity index (χ2v) is 14.7. The number of phenolic OH excluding ortho intramolecular Hbond substituents is 1. The summed E-state index contributed by atoms with van der Waals surface area (Å²) >= 11 is 21.4. The molecule has 2 aliphatic rings. The van der Waals surface area contributed by atoms with Crippen molar-refractivity contribution in [3.63, 3.8) is 0 Å². The number of benzene rings is 6. The predicted octanol–water partition coefficient (Wildman–Crippen LogP) is 13.9. The van der Waals surface area contributed by atoms with Crippen LogP contribution in [0.1, 0.15) is 34.2 Å². The Hall–Kier alpha value is -5.72. The third-order valence-electron chi connectivity index (χ3n) is 10.4. The summed E-state index contributed by atoms with van der Waals surface area (Å²) in [6, 6.07) is 41.2. The van der Waals surface area contributed by atoms with Crippen LogP contribution in [0.4, 0.5) is 34.1 Å². The molecule has 8 rings (SSSR count). The molecular formula is C47H35Cl3N2O3. The lowest BCUT2D eigenvalue weighted by Gasteiger charge is -2.30. The van der Waals surface area contributed by atoms with Gasteiger partial charge >= 0.3 is 5.97 Å². The van der Waals surface area contributed by atoms with E-state index in [9.17, 15) is 9.90 Å². The van der Waals surface area contributed by atoms with Gasteiger partial charge in [-0.15, -0.1) is 0 Å². The van der Waals surface area contributed by atoms with Crippen LogP contribution < -0.4 is 9.80 Å². The number of carbonyl (C=O) groups excluding carboxylic acids is 1. The zero-order valence-electron chi connectivity index (χ0n) is 30.3. The molecule has 0 atom stereocenters. The average molecular weight is 782 g/mol. The molecule has 0 saturated carbocycles. The number of hydrogen-bond donors (Lipinski definition) is 1. The van der Waals surface area contributed by atoms with Crippen LogP contribution in [-0.4, -0.2) is 11.1 Å². The number of allylic oxidation sites excluding steroid dienone is 2. The van der Waals surface area contributed by atoms with Gasteiger partial charge in [-0.05, 0) is 110 Å². The van der Waals surface area contributed by atoms with E-state index in [2.05, 4.69) is 11.5 Å². The van der Waals surface area contributed by atoms with E-state index in [1.54, 1.807) is 6.07 Å². The fourth-order valence-electron chi connectivity index (χ4n) is 7.74. The molecule has 0 radical (unpaired) electrons. The lowest BCUT2D eigenvalue weighted by Crippen LogP contribution is -2.14. The standard InChI is InChI=1S/C47H35Cl3N2O3/c1-27-25-35(39-28(2)29(3)44(45(53)30(39)4)52(33-21-13-7-14-22-33)34-23-15-8-16-24-34)40-38(27)46(55-47(40)54)41-36(48)26-37(42(49)43(41)50)51(31-17-9-5-10-18-31)32-19-11-6-12-20-32/h5-24,26,53H,1,25H2,2-4H3. The highest BCUT2D eigenvalue weighted by Crippen LogP contribution is 2.56. The third kappa shape index (κ3) is 6.09. The van der Waals surface area contributed by atoms with E-state index in [1.807, 2.05) is 147 Å². The summed E-state index contributed by atoms with van der Waals surface area (Å²) in [4.78, 5) is 18.0. The molecule has 1 aliphatic carbocycles. The molecule has 5 nitrogen and oxygen atoms in total. The molecule has 6 aromatic rings. The highest BCUT2D eigenvalue weighted by Gasteiger charge is 2.42. The molecule has 1 aliphatic heterocycles. The molecule has 6 aromatic carbocycles. The molecule has 0 saturated heterocycles. The van der Waals surface area contributed by atoms with Crippen molar-refractivity contribution in [3.8, 4) is 5.75 Å². The minimum absolute atomic E-state index is 0.114. The summed E-state index contributed by atoms with van der Waals surface area (Å²) in [6.07, 6.45) is 0.362. The first kappa shape index (κ1) is 36.3. The maximum Gasteiger partial charge on any atom is 0.344 e. The summed E-state index contributed by atoms with van der Waals surface area (Å²) in [6.45, 7) is 10.3.